The average Bonchev–Trinajstić information content (AvgIpc) is 3.04. The molecule has 0 fully saturated rings. The van der Waals surface area contributed by atoms with E-state index in [1.54, 1.807) is 6.92 Å². The summed E-state index contributed by atoms with van der Waals surface area (Å²) in [6.07, 6.45) is 5.68. The van der Waals surface area contributed by atoms with Crippen molar-refractivity contribution in [2.24, 2.45) is 5.92 Å². The van der Waals surface area contributed by atoms with E-state index in [-0.39, 0.29) is 5.78 Å². The number of hydrogen-bond acceptors (Lipinski definition) is 2. The van der Waals surface area contributed by atoms with Gasteiger partial charge >= 0.3 is 0 Å². The summed E-state index contributed by atoms with van der Waals surface area (Å²) in [6.45, 7) is 3.76. The van der Waals surface area contributed by atoms with Crippen LogP contribution in [0, 0.1) is 12.8 Å². The van der Waals surface area contributed by atoms with Crippen LogP contribution >= 0.6 is 0 Å². The van der Waals surface area contributed by atoms with Crippen LogP contribution in [-0.4, -0.2) is 5.78 Å². The third-order valence-electron chi connectivity index (χ3n) is 5.21. The number of Topliss-reactive ketones (excluding diaryl/α,β-unsaturated/α-hetero) is 1. The zero-order valence-corrected chi connectivity index (χ0v) is 13.5. The van der Waals surface area contributed by atoms with Crippen LogP contribution in [-0.2, 0) is 0 Å². The van der Waals surface area contributed by atoms with E-state index >= 15 is 0 Å². The van der Waals surface area contributed by atoms with Crippen molar-refractivity contribution in [3.63, 3.8) is 0 Å². The number of nitrogens with one attached hydrogen (secondary N) is 1. The van der Waals surface area contributed by atoms with Gasteiger partial charge in [-0.1, -0.05) is 42.0 Å². The predicted molar refractivity (Wildman–Crippen MR) is 94.0 cm³/mol. The van der Waals surface area contributed by atoms with Crippen LogP contribution in [0.25, 0.3) is 0 Å². The fourth-order valence-corrected chi connectivity index (χ4v) is 3.92. The topological polar surface area (TPSA) is 29.1 Å². The normalized spacial score (nSPS) is 24.7. The minimum absolute atomic E-state index is 0.131. The predicted octanol–water partition coefficient (Wildman–Crippen LogP) is 5.02. The van der Waals surface area contributed by atoms with Crippen LogP contribution in [0.4, 0.5) is 5.69 Å². The lowest BCUT2D eigenvalue weighted by Gasteiger charge is -2.37. The van der Waals surface area contributed by atoms with Crippen molar-refractivity contribution in [1.29, 1.82) is 0 Å². The first kappa shape index (κ1) is 14.3. The van der Waals surface area contributed by atoms with Crippen molar-refractivity contribution < 1.29 is 4.79 Å². The van der Waals surface area contributed by atoms with Crippen LogP contribution in [0.5, 0.6) is 0 Å². The van der Waals surface area contributed by atoms with Crippen molar-refractivity contribution in [1.82, 2.24) is 0 Å². The Morgan fingerprint density at radius 1 is 1.13 bits per heavy atom. The monoisotopic (exact) mass is 303 g/mol. The molecule has 4 rings (SSSR count). The molecule has 0 radical (unpaired) electrons. The van der Waals surface area contributed by atoms with E-state index in [2.05, 4.69) is 60.8 Å². The Labute approximate surface area is 137 Å². The average molecular weight is 303 g/mol. The summed E-state index contributed by atoms with van der Waals surface area (Å²) in [6, 6.07) is 15.2. The Kier molecular flexibility index (Phi) is 3.33. The molecule has 2 heteroatoms. The maximum Gasteiger partial charge on any atom is 0.159 e. The van der Waals surface area contributed by atoms with Gasteiger partial charge in [0, 0.05) is 17.2 Å². The molecule has 0 saturated carbocycles. The number of carbonyl (C=O) groups is 1. The summed E-state index contributed by atoms with van der Waals surface area (Å²) in [5.74, 6) is 1.05. The van der Waals surface area contributed by atoms with E-state index in [4.69, 9.17) is 0 Å². The molecule has 3 atom stereocenters. The smallest absolute Gasteiger partial charge is 0.159 e. The highest BCUT2D eigenvalue weighted by atomic mass is 16.1. The van der Waals surface area contributed by atoms with Gasteiger partial charge in [-0.2, -0.15) is 0 Å². The van der Waals surface area contributed by atoms with Crippen molar-refractivity contribution in [2.75, 3.05) is 5.32 Å². The van der Waals surface area contributed by atoms with Crippen LogP contribution < -0.4 is 5.32 Å². The fraction of sp³-hybridized carbons (Fsp3) is 0.286. The maximum absolute atomic E-state index is 11.7. The van der Waals surface area contributed by atoms with Gasteiger partial charge in [-0.15, -0.1) is 0 Å². The lowest BCUT2D eigenvalue weighted by atomic mass is 9.76. The second-order valence-electron chi connectivity index (χ2n) is 6.74. The highest BCUT2D eigenvalue weighted by Gasteiger charge is 2.37. The Bertz CT molecular complexity index is 788. The second kappa shape index (κ2) is 5.38. The zero-order chi connectivity index (χ0) is 16.0. The molecule has 1 aliphatic heterocycles. The fourth-order valence-electron chi connectivity index (χ4n) is 3.92. The number of fused-ring (bicyclic) bond motifs is 3. The molecular weight excluding hydrogens is 282 g/mol. The van der Waals surface area contributed by atoms with Gasteiger partial charge in [0.25, 0.3) is 0 Å². The Morgan fingerprint density at radius 3 is 2.65 bits per heavy atom. The summed E-state index contributed by atoms with van der Waals surface area (Å²) < 4.78 is 0. The quantitative estimate of drug-likeness (QED) is 0.623. The van der Waals surface area contributed by atoms with E-state index in [1.807, 2.05) is 6.07 Å². The molecule has 0 aromatic heterocycles. The number of benzene rings is 2. The summed E-state index contributed by atoms with van der Waals surface area (Å²) in [5, 5.41) is 3.72. The molecule has 2 aromatic carbocycles. The third kappa shape index (κ3) is 2.39. The highest BCUT2D eigenvalue weighted by Crippen LogP contribution is 2.49. The molecular formula is C21H21NO. The molecule has 0 amide bonds. The van der Waals surface area contributed by atoms with Crippen molar-refractivity contribution in [2.45, 2.75) is 32.2 Å². The molecule has 1 aliphatic carbocycles. The first-order valence-corrected chi connectivity index (χ1v) is 8.28. The lowest BCUT2D eigenvalue weighted by molar-refractivity contribution is 0.101. The van der Waals surface area contributed by atoms with Crippen molar-refractivity contribution in [3.8, 4) is 0 Å². The number of hydrogen-bond donors (Lipinski definition) is 1. The van der Waals surface area contributed by atoms with Gasteiger partial charge in [0.15, 0.2) is 5.78 Å². The third-order valence-corrected chi connectivity index (χ3v) is 5.21. The molecule has 0 bridgehead atoms. The van der Waals surface area contributed by atoms with E-state index < -0.39 is 0 Å². The van der Waals surface area contributed by atoms with Crippen LogP contribution in [0.3, 0.4) is 0 Å². The van der Waals surface area contributed by atoms with Gasteiger partial charge in [-0.25, -0.2) is 0 Å². The number of allylic oxidation sites excluding steroid dienone is 2. The van der Waals surface area contributed by atoms with Crippen LogP contribution in [0.1, 0.15) is 52.4 Å². The number of rotatable bonds is 2. The lowest BCUT2D eigenvalue weighted by Crippen LogP contribution is -2.29. The van der Waals surface area contributed by atoms with Crippen LogP contribution in [0.15, 0.2) is 54.6 Å². The van der Waals surface area contributed by atoms with Gasteiger partial charge < -0.3 is 5.32 Å². The molecule has 2 aliphatic rings. The summed E-state index contributed by atoms with van der Waals surface area (Å²) in [5.41, 5.74) is 5.86. The summed E-state index contributed by atoms with van der Waals surface area (Å²) in [4.78, 5) is 11.7. The first-order valence-electron chi connectivity index (χ1n) is 8.28. The molecule has 1 N–H and O–H groups in total. The van der Waals surface area contributed by atoms with E-state index in [0.717, 1.165) is 17.7 Å². The van der Waals surface area contributed by atoms with Crippen molar-refractivity contribution in [3.05, 3.63) is 76.9 Å². The standard InChI is InChI=1S/C21H21NO/c1-13-6-8-15(9-7-13)21-18-5-3-4-17(18)19-12-16(14(2)23)10-11-20(19)22-21/h3-4,6-12,17-18,21-22H,5H2,1-2H3/t17-,18-,21-/m1/s1. The minimum atomic E-state index is 0.131. The number of carbonyl (C=O) groups excluding carboxylic acids is 1. The Balaban J connectivity index is 1.77. The maximum atomic E-state index is 11.7. The zero-order valence-electron chi connectivity index (χ0n) is 13.5. The molecule has 0 saturated heterocycles. The minimum Gasteiger partial charge on any atom is -0.378 e. The number of anilines is 1. The summed E-state index contributed by atoms with van der Waals surface area (Å²) in [7, 11) is 0. The first-order chi connectivity index (χ1) is 11.1. The highest BCUT2D eigenvalue weighted by molar-refractivity contribution is 5.95. The molecule has 2 aromatic rings. The van der Waals surface area contributed by atoms with Crippen LogP contribution in [0.2, 0.25) is 0 Å². The van der Waals surface area contributed by atoms with E-state index in [9.17, 15) is 4.79 Å². The SMILES string of the molecule is CC(=O)c1ccc2c(c1)[C@@H]1C=CC[C@H]1[C@@H](c1ccc(C)cc1)N2. The molecule has 1 heterocycles. The molecule has 23 heavy (non-hydrogen) atoms. The summed E-state index contributed by atoms with van der Waals surface area (Å²) >= 11 is 0. The van der Waals surface area contributed by atoms with Gasteiger partial charge in [0.05, 0.1) is 6.04 Å². The van der Waals surface area contributed by atoms with Crippen molar-refractivity contribution >= 4 is 11.5 Å². The largest absolute Gasteiger partial charge is 0.378 e. The van der Waals surface area contributed by atoms with Gasteiger partial charge in [0.1, 0.15) is 0 Å². The Morgan fingerprint density at radius 2 is 1.91 bits per heavy atom. The molecule has 116 valence electrons. The van der Waals surface area contributed by atoms with E-state index in [1.165, 1.54) is 16.7 Å². The van der Waals surface area contributed by atoms with Gasteiger partial charge in [0.2, 0.25) is 0 Å². The Hall–Kier alpha value is -2.35. The molecule has 0 unspecified atom stereocenters. The number of ketones is 1. The van der Waals surface area contributed by atoms with Gasteiger partial charge in [-0.3, -0.25) is 4.79 Å². The molecule has 0 spiro atoms. The second-order valence-corrected chi connectivity index (χ2v) is 6.74. The number of aryl methyl sites for hydroxylation is 1. The van der Waals surface area contributed by atoms with Gasteiger partial charge in [-0.05, 0) is 55.5 Å². The van der Waals surface area contributed by atoms with E-state index in [0.29, 0.717) is 17.9 Å². The molecule has 2 nitrogen and oxygen atoms in total.